The summed E-state index contributed by atoms with van der Waals surface area (Å²) < 4.78 is 5.55. The van der Waals surface area contributed by atoms with E-state index >= 15 is 0 Å². The van der Waals surface area contributed by atoms with Gasteiger partial charge in [-0.15, -0.1) is 11.3 Å². The summed E-state index contributed by atoms with van der Waals surface area (Å²) in [6.07, 6.45) is 2.16. The Labute approximate surface area is 203 Å². The van der Waals surface area contributed by atoms with Crippen LogP contribution in [0, 0.1) is 0 Å². The van der Waals surface area contributed by atoms with Gasteiger partial charge in [0.25, 0.3) is 0 Å². The zero-order chi connectivity index (χ0) is 24.9. The largest absolute Gasteiger partial charge is 0.444 e. The molecule has 2 atom stereocenters. The highest BCUT2D eigenvalue weighted by Gasteiger charge is 2.39. The van der Waals surface area contributed by atoms with Crippen LogP contribution >= 0.6 is 11.3 Å². The van der Waals surface area contributed by atoms with Crippen molar-refractivity contribution < 1.29 is 19.1 Å². The van der Waals surface area contributed by atoms with Gasteiger partial charge < -0.3 is 26.1 Å². The molecule has 2 heterocycles. The fourth-order valence-electron chi connectivity index (χ4n) is 3.58. The Kier molecular flexibility index (Phi) is 7.66. The number of thiophene rings is 1. The number of hydrogen-bond acceptors (Lipinski definition) is 5. The number of carbonyl (C=O) groups excluding carboxylic acids is 3. The summed E-state index contributed by atoms with van der Waals surface area (Å²) in [7, 11) is 0. The average molecular weight is 485 g/mol. The van der Waals surface area contributed by atoms with E-state index in [4.69, 9.17) is 10.5 Å². The molecule has 0 radical (unpaired) electrons. The van der Waals surface area contributed by atoms with Crippen LogP contribution < -0.4 is 16.4 Å². The van der Waals surface area contributed by atoms with Gasteiger partial charge in [-0.1, -0.05) is 31.2 Å². The minimum atomic E-state index is -1.41. The zero-order valence-electron chi connectivity index (χ0n) is 19.9. The molecule has 5 N–H and O–H groups in total. The second kappa shape index (κ2) is 10.3. The molecule has 3 amide bonds. The van der Waals surface area contributed by atoms with E-state index in [0.29, 0.717) is 6.42 Å². The molecule has 9 heteroatoms. The molecule has 0 spiro atoms. The maximum atomic E-state index is 13.5. The second-order valence-electron chi connectivity index (χ2n) is 9.21. The van der Waals surface area contributed by atoms with Crippen molar-refractivity contribution in [2.45, 2.75) is 64.1 Å². The molecule has 0 saturated heterocycles. The number of alkyl carbamates (subject to hydrolysis) is 1. The van der Waals surface area contributed by atoms with Crippen molar-refractivity contribution in [1.82, 2.24) is 15.6 Å². The lowest BCUT2D eigenvalue weighted by atomic mass is 9.91. The van der Waals surface area contributed by atoms with E-state index in [1.165, 1.54) is 11.3 Å². The van der Waals surface area contributed by atoms with Gasteiger partial charge in [-0.2, -0.15) is 0 Å². The minimum absolute atomic E-state index is 0.176. The molecule has 0 aliphatic heterocycles. The van der Waals surface area contributed by atoms with Crippen LogP contribution in [0.3, 0.4) is 0 Å². The average Bonchev–Trinajstić information content (AvgIpc) is 3.43. The maximum absolute atomic E-state index is 13.5. The van der Waals surface area contributed by atoms with Crippen molar-refractivity contribution in [2.24, 2.45) is 5.73 Å². The van der Waals surface area contributed by atoms with Crippen LogP contribution in [-0.4, -0.2) is 40.1 Å². The third-order valence-electron chi connectivity index (χ3n) is 5.95. The lowest BCUT2D eigenvalue weighted by molar-refractivity contribution is -0.131. The first-order chi connectivity index (χ1) is 16.0. The monoisotopic (exact) mass is 484 g/mol. The SMILES string of the molecule is CCC(C)(C)OC(=O)NC(C)(Cc1c[nH]c2ccccc12)C(=O)NC(Cc1cccs1)C(N)=O. The van der Waals surface area contributed by atoms with Crippen LogP contribution in [0.2, 0.25) is 0 Å². The van der Waals surface area contributed by atoms with Gasteiger partial charge in [0.05, 0.1) is 0 Å². The Morgan fingerprint density at radius 3 is 2.53 bits per heavy atom. The molecule has 3 rings (SSSR count). The topological polar surface area (TPSA) is 126 Å². The van der Waals surface area contributed by atoms with Gasteiger partial charge in [-0.05, 0) is 50.3 Å². The number of H-pyrrole nitrogens is 1. The zero-order valence-corrected chi connectivity index (χ0v) is 20.8. The fraction of sp³-hybridized carbons (Fsp3) is 0.400. The highest BCUT2D eigenvalue weighted by Crippen LogP contribution is 2.24. The van der Waals surface area contributed by atoms with Gasteiger partial charge in [-0.3, -0.25) is 9.59 Å². The number of carbonyl (C=O) groups is 3. The van der Waals surface area contributed by atoms with Crippen molar-refractivity contribution in [2.75, 3.05) is 0 Å². The number of fused-ring (bicyclic) bond motifs is 1. The van der Waals surface area contributed by atoms with Crippen LogP contribution in [0.15, 0.2) is 48.0 Å². The molecule has 0 fully saturated rings. The first-order valence-corrected chi connectivity index (χ1v) is 12.1. The number of benzene rings is 1. The van der Waals surface area contributed by atoms with E-state index in [1.807, 2.05) is 54.9 Å². The van der Waals surface area contributed by atoms with Gasteiger partial charge >= 0.3 is 6.09 Å². The Bertz CT molecular complexity index is 1150. The molecule has 0 bridgehead atoms. The number of rotatable bonds is 10. The standard InChI is InChI=1S/C25H32N4O4S/c1-5-24(2,3)33-23(32)29-25(4,14-16-15-27-19-11-7-6-10-18(16)19)22(31)28-20(21(26)30)13-17-9-8-12-34-17/h6-12,15,20,27H,5,13-14H2,1-4H3,(H2,26,30)(H,28,31)(H,29,32). The summed E-state index contributed by atoms with van der Waals surface area (Å²) in [5.74, 6) is -1.17. The summed E-state index contributed by atoms with van der Waals surface area (Å²) in [6, 6.07) is 10.5. The first kappa shape index (κ1) is 25.3. The van der Waals surface area contributed by atoms with Crippen LogP contribution in [-0.2, 0) is 27.2 Å². The summed E-state index contributed by atoms with van der Waals surface area (Å²) >= 11 is 1.47. The summed E-state index contributed by atoms with van der Waals surface area (Å²) in [4.78, 5) is 42.6. The molecule has 1 aromatic carbocycles. The van der Waals surface area contributed by atoms with E-state index in [1.54, 1.807) is 20.8 Å². The predicted molar refractivity (Wildman–Crippen MR) is 134 cm³/mol. The van der Waals surface area contributed by atoms with Gasteiger partial charge in [0.1, 0.15) is 17.2 Å². The number of aromatic nitrogens is 1. The van der Waals surface area contributed by atoms with E-state index in [0.717, 1.165) is 21.3 Å². The molecular weight excluding hydrogens is 452 g/mol. The number of hydrogen-bond donors (Lipinski definition) is 4. The van der Waals surface area contributed by atoms with E-state index in [9.17, 15) is 14.4 Å². The molecule has 0 aliphatic carbocycles. The van der Waals surface area contributed by atoms with Crippen LogP contribution in [0.1, 0.15) is 44.6 Å². The number of ether oxygens (including phenoxy) is 1. The van der Waals surface area contributed by atoms with Gasteiger partial charge in [-0.25, -0.2) is 4.79 Å². The molecule has 0 saturated carbocycles. The van der Waals surface area contributed by atoms with Gasteiger partial charge in [0.15, 0.2) is 0 Å². The lowest BCUT2D eigenvalue weighted by Crippen LogP contribution is -2.62. The van der Waals surface area contributed by atoms with E-state index in [2.05, 4.69) is 15.6 Å². The number of aromatic amines is 1. The first-order valence-electron chi connectivity index (χ1n) is 11.2. The van der Waals surface area contributed by atoms with Crippen molar-refractivity contribution in [3.63, 3.8) is 0 Å². The maximum Gasteiger partial charge on any atom is 0.408 e. The molecule has 182 valence electrons. The highest BCUT2D eigenvalue weighted by molar-refractivity contribution is 7.09. The highest BCUT2D eigenvalue weighted by atomic mass is 32.1. The normalized spacial score (nSPS) is 14.2. The van der Waals surface area contributed by atoms with E-state index < -0.39 is 35.1 Å². The Hall–Kier alpha value is -3.33. The van der Waals surface area contributed by atoms with Crippen LogP contribution in [0.5, 0.6) is 0 Å². The number of primary amides is 1. The molecule has 0 aliphatic rings. The fourth-order valence-corrected chi connectivity index (χ4v) is 4.34. The third kappa shape index (κ3) is 6.17. The summed E-state index contributed by atoms with van der Waals surface area (Å²) in [5, 5.41) is 8.34. The lowest BCUT2D eigenvalue weighted by Gasteiger charge is -2.32. The van der Waals surface area contributed by atoms with Crippen LogP contribution in [0.4, 0.5) is 4.79 Å². The number of nitrogens with one attached hydrogen (secondary N) is 3. The van der Waals surface area contributed by atoms with Crippen molar-refractivity contribution in [3.8, 4) is 0 Å². The Morgan fingerprint density at radius 2 is 1.88 bits per heavy atom. The number of nitrogens with two attached hydrogens (primary N) is 1. The molecule has 3 aromatic rings. The molecule has 34 heavy (non-hydrogen) atoms. The van der Waals surface area contributed by atoms with Crippen molar-refractivity contribution in [3.05, 3.63) is 58.4 Å². The molecule has 2 aromatic heterocycles. The second-order valence-corrected chi connectivity index (χ2v) is 10.2. The summed E-state index contributed by atoms with van der Waals surface area (Å²) in [5.41, 5.74) is 5.25. The summed E-state index contributed by atoms with van der Waals surface area (Å²) in [6.45, 7) is 7.13. The number of para-hydroxylation sites is 1. The van der Waals surface area contributed by atoms with E-state index in [-0.39, 0.29) is 12.8 Å². The van der Waals surface area contributed by atoms with Crippen LogP contribution in [0.25, 0.3) is 10.9 Å². The quantitative estimate of drug-likeness (QED) is 0.350. The predicted octanol–water partition coefficient (Wildman–Crippen LogP) is 3.66. The van der Waals surface area contributed by atoms with Crippen molar-refractivity contribution in [1.29, 1.82) is 0 Å². The third-order valence-corrected chi connectivity index (χ3v) is 6.85. The van der Waals surface area contributed by atoms with Gasteiger partial charge in [0.2, 0.25) is 11.8 Å². The molecular formula is C25H32N4O4S. The van der Waals surface area contributed by atoms with Gasteiger partial charge in [0, 0.05) is 34.8 Å². The Balaban J connectivity index is 1.88. The minimum Gasteiger partial charge on any atom is -0.444 e. The number of amides is 3. The Morgan fingerprint density at radius 1 is 1.15 bits per heavy atom. The molecule has 2 unspecified atom stereocenters. The smallest absolute Gasteiger partial charge is 0.408 e. The van der Waals surface area contributed by atoms with Crippen molar-refractivity contribution >= 4 is 40.1 Å². The molecule has 8 nitrogen and oxygen atoms in total.